The lowest BCUT2D eigenvalue weighted by Gasteiger charge is -2.44. The van der Waals surface area contributed by atoms with E-state index < -0.39 is 5.60 Å². The van der Waals surface area contributed by atoms with Gasteiger partial charge in [-0.25, -0.2) is 4.68 Å². The molecule has 1 aromatic heterocycles. The van der Waals surface area contributed by atoms with E-state index in [4.69, 9.17) is 21.1 Å². The number of hydrogen-bond acceptors (Lipinski definition) is 6. The van der Waals surface area contributed by atoms with E-state index in [0.717, 1.165) is 30.7 Å². The first-order chi connectivity index (χ1) is 18.9. The number of aryl methyl sites for hydroxylation is 1. The van der Waals surface area contributed by atoms with Crippen LogP contribution in [0, 0.1) is 6.92 Å². The Morgan fingerprint density at radius 1 is 1.08 bits per heavy atom. The molecule has 0 saturated carbocycles. The van der Waals surface area contributed by atoms with E-state index in [1.54, 1.807) is 26.6 Å². The van der Waals surface area contributed by atoms with Crippen LogP contribution in [0.5, 0.6) is 5.75 Å². The highest BCUT2D eigenvalue weighted by atomic mass is 35.5. The number of fused-ring (bicyclic) bond motifs is 1. The largest absolute Gasteiger partial charge is 0.491 e. The first kappa shape index (κ1) is 27.1. The van der Waals surface area contributed by atoms with Crippen LogP contribution in [-0.4, -0.2) is 81.6 Å². The minimum atomic E-state index is -1.11. The Morgan fingerprint density at radius 2 is 1.87 bits per heavy atom. The standard InChI is InChI=1S/C29H34ClN5O4/c1-3-33-16-18-38-25-10-5-4-8-22(25)9-6-7-15-29(28(33)37)20-34(17-19-39-29)27(36)26-21(2)35(32-31-26)24-13-11-23(30)12-14-24/h4-5,8,10-14H,3,6-7,9,15-20H2,1-2H3. The normalized spacial score (nSPS) is 20.6. The number of nitrogens with zero attached hydrogens (tertiary/aromatic N) is 5. The third-order valence-electron chi connectivity index (χ3n) is 7.57. The van der Waals surface area contributed by atoms with Crippen LogP contribution in [-0.2, 0) is 16.0 Å². The van der Waals surface area contributed by atoms with E-state index in [0.29, 0.717) is 43.4 Å². The summed E-state index contributed by atoms with van der Waals surface area (Å²) in [6.45, 7) is 5.96. The van der Waals surface area contributed by atoms with Crippen molar-refractivity contribution in [1.82, 2.24) is 24.8 Å². The number of likely N-dealkylation sites (N-methyl/N-ethyl adjacent to an activating group) is 1. The summed E-state index contributed by atoms with van der Waals surface area (Å²) in [5.74, 6) is 0.528. The Balaban J connectivity index is 1.38. The molecule has 10 heteroatoms. The van der Waals surface area contributed by atoms with Gasteiger partial charge < -0.3 is 19.3 Å². The van der Waals surface area contributed by atoms with Crippen molar-refractivity contribution in [2.24, 2.45) is 0 Å². The predicted octanol–water partition coefficient (Wildman–Crippen LogP) is 4.09. The molecule has 0 N–H and O–H groups in total. The van der Waals surface area contributed by atoms with Gasteiger partial charge in [0.1, 0.15) is 12.4 Å². The highest BCUT2D eigenvalue weighted by molar-refractivity contribution is 6.30. The Hall–Kier alpha value is -3.43. The minimum absolute atomic E-state index is 0.0958. The number of para-hydroxylation sites is 1. The summed E-state index contributed by atoms with van der Waals surface area (Å²) in [7, 11) is 0. The molecule has 1 saturated heterocycles. The lowest BCUT2D eigenvalue weighted by atomic mass is 9.90. The van der Waals surface area contributed by atoms with Gasteiger partial charge in [0.15, 0.2) is 11.3 Å². The van der Waals surface area contributed by atoms with Gasteiger partial charge in [-0.1, -0.05) is 35.0 Å². The van der Waals surface area contributed by atoms with Crippen molar-refractivity contribution in [2.75, 3.05) is 39.4 Å². The fourth-order valence-electron chi connectivity index (χ4n) is 5.38. The molecule has 9 nitrogen and oxygen atoms in total. The van der Waals surface area contributed by atoms with Crippen molar-refractivity contribution < 1.29 is 19.1 Å². The molecule has 39 heavy (non-hydrogen) atoms. The average molecular weight is 552 g/mol. The molecule has 206 valence electrons. The second-order valence-corrected chi connectivity index (χ2v) is 10.5. The van der Waals surface area contributed by atoms with E-state index in [9.17, 15) is 9.59 Å². The van der Waals surface area contributed by atoms with Crippen molar-refractivity contribution >= 4 is 23.4 Å². The van der Waals surface area contributed by atoms with Gasteiger partial charge in [0, 0.05) is 18.1 Å². The van der Waals surface area contributed by atoms with Gasteiger partial charge in [-0.05, 0) is 75.4 Å². The van der Waals surface area contributed by atoms with Crippen LogP contribution in [0.25, 0.3) is 5.69 Å². The van der Waals surface area contributed by atoms with E-state index in [2.05, 4.69) is 16.4 Å². The van der Waals surface area contributed by atoms with Crippen molar-refractivity contribution in [3.63, 3.8) is 0 Å². The Morgan fingerprint density at radius 3 is 2.67 bits per heavy atom. The Bertz CT molecular complexity index is 1330. The number of carbonyl (C=O) groups is 2. The maximum absolute atomic E-state index is 14.0. The second kappa shape index (κ2) is 11.8. The van der Waals surface area contributed by atoms with Crippen LogP contribution in [0.1, 0.15) is 47.9 Å². The number of aromatic nitrogens is 3. The zero-order chi connectivity index (χ0) is 27.4. The molecule has 0 aliphatic carbocycles. The quantitative estimate of drug-likeness (QED) is 0.487. The van der Waals surface area contributed by atoms with Crippen molar-refractivity contribution in [3.8, 4) is 11.4 Å². The molecule has 2 aromatic carbocycles. The SMILES string of the molecule is CCN1CCOc2ccccc2CCCCC2(CN(C(=O)c3nnn(-c4ccc(Cl)cc4)c3C)CCO2)C1=O. The molecule has 1 unspecified atom stereocenters. The minimum Gasteiger partial charge on any atom is -0.491 e. The Kier molecular flexibility index (Phi) is 8.18. The topological polar surface area (TPSA) is 89.8 Å². The number of ether oxygens (including phenoxy) is 2. The number of rotatable bonds is 3. The van der Waals surface area contributed by atoms with Crippen LogP contribution in [0.4, 0.5) is 0 Å². The zero-order valence-electron chi connectivity index (χ0n) is 22.4. The van der Waals surface area contributed by atoms with Gasteiger partial charge in [-0.3, -0.25) is 9.59 Å². The molecule has 1 spiro atoms. The molecule has 5 rings (SSSR count). The van der Waals surface area contributed by atoms with Crippen LogP contribution in [0.3, 0.4) is 0 Å². The summed E-state index contributed by atoms with van der Waals surface area (Å²) in [4.78, 5) is 31.1. The molecule has 1 fully saturated rings. The predicted molar refractivity (Wildman–Crippen MR) is 147 cm³/mol. The smallest absolute Gasteiger partial charge is 0.276 e. The van der Waals surface area contributed by atoms with Crippen molar-refractivity contribution in [2.45, 2.75) is 45.1 Å². The van der Waals surface area contributed by atoms with Gasteiger partial charge >= 0.3 is 0 Å². The molecular weight excluding hydrogens is 518 g/mol. The van der Waals surface area contributed by atoms with Crippen LogP contribution in [0.2, 0.25) is 5.02 Å². The van der Waals surface area contributed by atoms with Crippen molar-refractivity contribution in [1.29, 1.82) is 0 Å². The molecule has 0 radical (unpaired) electrons. The number of hydrogen-bond donors (Lipinski definition) is 0. The van der Waals surface area contributed by atoms with Crippen molar-refractivity contribution in [3.05, 3.63) is 70.5 Å². The van der Waals surface area contributed by atoms with Gasteiger partial charge in [0.25, 0.3) is 11.8 Å². The molecule has 3 heterocycles. The van der Waals surface area contributed by atoms with Crippen LogP contribution < -0.4 is 4.74 Å². The number of amides is 2. The third-order valence-corrected chi connectivity index (χ3v) is 7.82. The van der Waals surface area contributed by atoms with E-state index in [1.165, 1.54) is 5.56 Å². The lowest BCUT2D eigenvalue weighted by Crippen LogP contribution is -2.62. The first-order valence-electron chi connectivity index (χ1n) is 13.5. The van der Waals surface area contributed by atoms with Crippen LogP contribution in [0.15, 0.2) is 48.5 Å². The summed E-state index contributed by atoms with van der Waals surface area (Å²) in [5.41, 5.74) is 1.71. The first-order valence-corrected chi connectivity index (χ1v) is 13.9. The molecule has 3 aromatic rings. The second-order valence-electron chi connectivity index (χ2n) is 10.0. The summed E-state index contributed by atoms with van der Waals surface area (Å²) in [5, 5.41) is 9.05. The zero-order valence-corrected chi connectivity index (χ0v) is 23.2. The number of halogens is 1. The fourth-order valence-corrected chi connectivity index (χ4v) is 5.51. The number of carbonyl (C=O) groups excluding carboxylic acids is 2. The molecule has 2 amide bonds. The number of benzene rings is 2. The van der Waals surface area contributed by atoms with E-state index in [1.807, 2.05) is 44.2 Å². The molecule has 2 aliphatic heterocycles. The third kappa shape index (κ3) is 5.65. The van der Waals surface area contributed by atoms with Gasteiger partial charge in [-0.15, -0.1) is 5.10 Å². The molecule has 2 aliphatic rings. The van der Waals surface area contributed by atoms with E-state index >= 15 is 0 Å². The Labute approximate surface area is 233 Å². The molecule has 0 bridgehead atoms. The average Bonchev–Trinajstić information content (AvgIpc) is 3.34. The highest BCUT2D eigenvalue weighted by Crippen LogP contribution is 2.30. The molecular formula is C29H34ClN5O4. The maximum Gasteiger partial charge on any atom is 0.276 e. The van der Waals surface area contributed by atoms with Crippen LogP contribution >= 0.6 is 11.6 Å². The fraction of sp³-hybridized carbons (Fsp3) is 0.448. The highest BCUT2D eigenvalue weighted by Gasteiger charge is 2.47. The van der Waals surface area contributed by atoms with Gasteiger partial charge in [0.05, 0.1) is 31.1 Å². The maximum atomic E-state index is 14.0. The summed E-state index contributed by atoms with van der Waals surface area (Å²) < 4.78 is 14.0. The van der Waals surface area contributed by atoms with Gasteiger partial charge in [0.2, 0.25) is 0 Å². The monoisotopic (exact) mass is 551 g/mol. The van der Waals surface area contributed by atoms with Gasteiger partial charge in [-0.2, -0.15) is 0 Å². The summed E-state index contributed by atoms with van der Waals surface area (Å²) >= 11 is 6.02. The summed E-state index contributed by atoms with van der Waals surface area (Å²) in [6, 6.07) is 15.3. The van der Waals surface area contributed by atoms with E-state index in [-0.39, 0.29) is 30.7 Å². The lowest BCUT2D eigenvalue weighted by molar-refractivity contribution is -0.170. The summed E-state index contributed by atoms with van der Waals surface area (Å²) in [6.07, 6.45) is 3.05. The molecule has 1 atom stereocenters. The number of morpholine rings is 1.